The summed E-state index contributed by atoms with van der Waals surface area (Å²) in [6, 6.07) is 6.11. The topological polar surface area (TPSA) is 20.2 Å². The van der Waals surface area contributed by atoms with Gasteiger partial charge >= 0.3 is 0 Å². The first-order valence-electron chi connectivity index (χ1n) is 8.91. The molecule has 1 heteroatoms. The Morgan fingerprint density at radius 2 is 2.05 bits per heavy atom. The Labute approximate surface area is 133 Å². The average Bonchev–Trinajstić information content (AvgIpc) is 2.86. The summed E-state index contributed by atoms with van der Waals surface area (Å²) in [5, 5.41) is 9.79. The molecular formula is C21H26O. The maximum atomic E-state index is 9.79. The van der Waals surface area contributed by atoms with Gasteiger partial charge in [-0.25, -0.2) is 0 Å². The van der Waals surface area contributed by atoms with Crippen LogP contribution in [-0.2, 0) is 6.42 Å². The van der Waals surface area contributed by atoms with E-state index in [1.165, 1.54) is 48.8 Å². The highest BCUT2D eigenvalue weighted by Crippen LogP contribution is 2.86. The van der Waals surface area contributed by atoms with Crippen molar-refractivity contribution in [3.05, 3.63) is 41.5 Å². The predicted molar refractivity (Wildman–Crippen MR) is 88.9 cm³/mol. The van der Waals surface area contributed by atoms with Crippen LogP contribution in [0.2, 0.25) is 0 Å². The first-order valence-corrected chi connectivity index (χ1v) is 8.91. The normalized spacial score (nSPS) is 48.2. The molecule has 1 spiro atoms. The van der Waals surface area contributed by atoms with Crippen molar-refractivity contribution in [3.63, 3.8) is 0 Å². The molecule has 4 saturated carbocycles. The number of benzene rings is 1. The molecule has 2 bridgehead atoms. The molecule has 1 N–H and O–H groups in total. The van der Waals surface area contributed by atoms with Crippen LogP contribution < -0.4 is 0 Å². The third kappa shape index (κ3) is 1.15. The highest BCUT2D eigenvalue weighted by atomic mass is 16.3. The molecule has 5 aliphatic carbocycles. The quantitative estimate of drug-likeness (QED) is 0.652. The lowest BCUT2D eigenvalue weighted by Gasteiger charge is -2.70. The van der Waals surface area contributed by atoms with Gasteiger partial charge in [-0.1, -0.05) is 32.1 Å². The third-order valence-corrected chi connectivity index (χ3v) is 8.70. The summed E-state index contributed by atoms with van der Waals surface area (Å²) in [6.45, 7) is 9.52. The molecule has 1 aromatic rings. The van der Waals surface area contributed by atoms with Crippen LogP contribution in [0.3, 0.4) is 0 Å². The van der Waals surface area contributed by atoms with E-state index < -0.39 is 0 Å². The predicted octanol–water partition coefficient (Wildman–Crippen LogP) is 5.19. The van der Waals surface area contributed by atoms with Crippen LogP contribution in [0.15, 0.2) is 30.4 Å². The monoisotopic (exact) mass is 294 g/mol. The van der Waals surface area contributed by atoms with Gasteiger partial charge in [-0.2, -0.15) is 0 Å². The largest absolute Gasteiger partial charge is 0.508 e. The highest BCUT2D eigenvalue weighted by Gasteiger charge is 2.78. The molecule has 0 radical (unpaired) electrons. The SMILES string of the molecule is C=C1CC23CC1(C)C2(C)CCC1c2ccc(O)cc2CCC13. The van der Waals surface area contributed by atoms with Crippen LogP contribution in [0, 0.1) is 22.2 Å². The lowest BCUT2D eigenvalue weighted by atomic mass is 9.33. The molecule has 1 aromatic carbocycles. The molecule has 0 aromatic heterocycles. The number of fused-ring (bicyclic) bond motifs is 4. The van der Waals surface area contributed by atoms with Crippen molar-refractivity contribution in [1.82, 2.24) is 0 Å². The summed E-state index contributed by atoms with van der Waals surface area (Å²) in [5.74, 6) is 1.98. The number of allylic oxidation sites excluding steroid dienone is 1. The van der Waals surface area contributed by atoms with E-state index in [9.17, 15) is 5.11 Å². The summed E-state index contributed by atoms with van der Waals surface area (Å²) in [6.07, 6.45) is 7.78. The Bertz CT molecular complexity index is 704. The maximum absolute atomic E-state index is 9.79. The van der Waals surface area contributed by atoms with Gasteiger partial charge in [0.2, 0.25) is 0 Å². The lowest BCUT2D eigenvalue weighted by Crippen LogP contribution is -2.63. The smallest absolute Gasteiger partial charge is 0.115 e. The zero-order valence-electron chi connectivity index (χ0n) is 13.8. The van der Waals surface area contributed by atoms with Crippen LogP contribution in [0.25, 0.3) is 0 Å². The van der Waals surface area contributed by atoms with Crippen LogP contribution >= 0.6 is 0 Å². The van der Waals surface area contributed by atoms with Gasteiger partial charge in [0.1, 0.15) is 5.75 Å². The molecule has 116 valence electrons. The van der Waals surface area contributed by atoms with Gasteiger partial charge in [0.25, 0.3) is 0 Å². The van der Waals surface area contributed by atoms with Gasteiger partial charge in [-0.15, -0.1) is 0 Å². The van der Waals surface area contributed by atoms with Crippen LogP contribution in [0.1, 0.15) is 63.0 Å². The molecule has 5 unspecified atom stereocenters. The third-order valence-electron chi connectivity index (χ3n) is 8.70. The first kappa shape index (κ1) is 13.2. The fraction of sp³-hybridized carbons (Fsp3) is 0.619. The van der Waals surface area contributed by atoms with Gasteiger partial charge in [0.05, 0.1) is 0 Å². The summed E-state index contributed by atoms with van der Waals surface area (Å²) >= 11 is 0. The van der Waals surface area contributed by atoms with Crippen LogP contribution in [0.5, 0.6) is 5.75 Å². The molecule has 4 fully saturated rings. The fourth-order valence-electron chi connectivity index (χ4n) is 7.37. The van der Waals surface area contributed by atoms with E-state index in [0.29, 0.717) is 27.9 Å². The molecular weight excluding hydrogens is 268 g/mol. The van der Waals surface area contributed by atoms with E-state index in [0.717, 1.165) is 12.3 Å². The Morgan fingerprint density at radius 3 is 2.82 bits per heavy atom. The van der Waals surface area contributed by atoms with Gasteiger partial charge in [-0.3, -0.25) is 0 Å². The highest BCUT2D eigenvalue weighted by molar-refractivity contribution is 5.45. The molecule has 0 aliphatic heterocycles. The zero-order valence-corrected chi connectivity index (χ0v) is 13.8. The fourth-order valence-corrected chi connectivity index (χ4v) is 7.37. The van der Waals surface area contributed by atoms with Crippen LogP contribution in [-0.4, -0.2) is 5.11 Å². The molecule has 6 rings (SSSR count). The Kier molecular flexibility index (Phi) is 2.18. The number of phenols is 1. The van der Waals surface area contributed by atoms with Crippen molar-refractivity contribution >= 4 is 0 Å². The number of rotatable bonds is 0. The van der Waals surface area contributed by atoms with E-state index >= 15 is 0 Å². The molecule has 0 amide bonds. The maximum Gasteiger partial charge on any atom is 0.115 e. The minimum Gasteiger partial charge on any atom is -0.508 e. The summed E-state index contributed by atoms with van der Waals surface area (Å²) < 4.78 is 0. The van der Waals surface area contributed by atoms with E-state index in [-0.39, 0.29) is 0 Å². The standard InChI is InChI=1S/C21H26O/c1-13-11-21-12-19(13,2)20(21,3)9-8-17-16-6-5-15(22)10-14(16)4-7-18(17)21/h5-6,10,17-18,22H,1,4,7-9,11-12H2,2-3H3. The van der Waals surface area contributed by atoms with E-state index in [4.69, 9.17) is 0 Å². The molecule has 5 atom stereocenters. The first-order chi connectivity index (χ1) is 10.4. The van der Waals surface area contributed by atoms with Crippen molar-refractivity contribution in [1.29, 1.82) is 0 Å². The van der Waals surface area contributed by atoms with Crippen LogP contribution in [0.4, 0.5) is 0 Å². The van der Waals surface area contributed by atoms with E-state index in [1.54, 1.807) is 0 Å². The van der Waals surface area contributed by atoms with E-state index in [1.807, 2.05) is 12.1 Å². The summed E-state index contributed by atoms with van der Waals surface area (Å²) in [7, 11) is 0. The second-order valence-corrected chi connectivity index (χ2v) is 8.95. The second-order valence-electron chi connectivity index (χ2n) is 8.95. The van der Waals surface area contributed by atoms with Crippen molar-refractivity contribution in [2.24, 2.45) is 22.2 Å². The minimum atomic E-state index is 0.410. The van der Waals surface area contributed by atoms with Gasteiger partial charge in [-0.05, 0) is 89.9 Å². The number of phenolic OH excluding ortho intramolecular Hbond substituents is 1. The van der Waals surface area contributed by atoms with E-state index in [2.05, 4.69) is 26.5 Å². The zero-order chi connectivity index (χ0) is 15.3. The minimum absolute atomic E-state index is 0.410. The van der Waals surface area contributed by atoms with Gasteiger partial charge < -0.3 is 5.11 Å². The van der Waals surface area contributed by atoms with Gasteiger partial charge in [0, 0.05) is 0 Å². The Hall–Kier alpha value is -1.24. The molecule has 1 nitrogen and oxygen atoms in total. The number of aromatic hydroxyl groups is 1. The average molecular weight is 294 g/mol. The summed E-state index contributed by atoms with van der Waals surface area (Å²) in [5.41, 5.74) is 5.90. The number of aryl methyl sites for hydroxylation is 1. The van der Waals surface area contributed by atoms with Crippen molar-refractivity contribution in [2.75, 3.05) is 0 Å². The van der Waals surface area contributed by atoms with Crippen molar-refractivity contribution in [2.45, 2.75) is 58.3 Å². The second kappa shape index (κ2) is 3.63. The summed E-state index contributed by atoms with van der Waals surface area (Å²) in [4.78, 5) is 0. The van der Waals surface area contributed by atoms with Crippen molar-refractivity contribution < 1.29 is 5.11 Å². The Balaban J connectivity index is 1.61. The van der Waals surface area contributed by atoms with Gasteiger partial charge in [0.15, 0.2) is 0 Å². The number of hydrogen-bond acceptors (Lipinski definition) is 1. The molecule has 0 saturated heterocycles. The number of hydrogen-bond donors (Lipinski definition) is 1. The van der Waals surface area contributed by atoms with Crippen molar-refractivity contribution in [3.8, 4) is 5.75 Å². The molecule has 22 heavy (non-hydrogen) atoms. The Morgan fingerprint density at radius 1 is 1.23 bits per heavy atom. The lowest BCUT2D eigenvalue weighted by molar-refractivity contribution is -0.200. The molecule has 0 heterocycles. The molecule has 5 aliphatic rings.